The third-order valence-electron chi connectivity index (χ3n) is 2.90. The first-order chi connectivity index (χ1) is 10.4. The second kappa shape index (κ2) is 6.95. The molecule has 0 amide bonds. The largest absolute Gasteiger partial charge is 0.406 e. The quantitative estimate of drug-likeness (QED) is 0.600. The van der Waals surface area contributed by atoms with Crippen LogP contribution in [-0.4, -0.2) is 32.0 Å². The lowest BCUT2D eigenvalue weighted by atomic mass is 10.1. The minimum atomic E-state index is -4.36. The highest BCUT2D eigenvalue weighted by Crippen LogP contribution is 2.28. The summed E-state index contributed by atoms with van der Waals surface area (Å²) in [6.45, 7) is 0.640. The highest BCUT2D eigenvalue weighted by Gasteiger charge is 2.30. The Kier molecular flexibility index (Phi) is 5.23. The van der Waals surface area contributed by atoms with Crippen molar-refractivity contribution in [1.82, 2.24) is 14.8 Å². The first-order valence-electron chi connectivity index (χ1n) is 6.61. The van der Waals surface area contributed by atoms with Gasteiger partial charge in [0.2, 0.25) is 0 Å². The van der Waals surface area contributed by atoms with Crippen LogP contribution in [0.5, 0.6) is 0 Å². The number of thioether (sulfide) groups is 1. The Balaban J connectivity index is 2.14. The lowest BCUT2D eigenvalue weighted by Gasteiger charge is -2.14. The van der Waals surface area contributed by atoms with E-state index in [1.165, 1.54) is 0 Å². The molecule has 0 fully saturated rings. The third kappa shape index (κ3) is 4.33. The van der Waals surface area contributed by atoms with Crippen LogP contribution in [0.1, 0.15) is 23.7 Å². The summed E-state index contributed by atoms with van der Waals surface area (Å²) in [5, 5.41) is 6.78. The molecule has 1 heterocycles. The van der Waals surface area contributed by atoms with Crippen molar-refractivity contribution in [2.45, 2.75) is 36.5 Å². The molecule has 0 aliphatic rings. The van der Waals surface area contributed by atoms with E-state index in [-0.39, 0.29) is 10.9 Å². The van der Waals surface area contributed by atoms with Gasteiger partial charge in [-0.2, -0.15) is 13.2 Å². The molecule has 2 aromatic rings. The van der Waals surface area contributed by atoms with Crippen molar-refractivity contribution in [1.29, 1.82) is 0 Å². The fourth-order valence-electron chi connectivity index (χ4n) is 1.88. The Bertz CT molecular complexity index is 628. The zero-order valence-corrected chi connectivity index (χ0v) is 12.6. The Labute approximate surface area is 129 Å². The summed E-state index contributed by atoms with van der Waals surface area (Å²) >= 11 is 1.01. The number of ketones is 1. The molecule has 0 aliphatic heterocycles. The fourth-order valence-corrected chi connectivity index (χ4v) is 2.88. The molecular weight excluding hydrogens is 315 g/mol. The summed E-state index contributed by atoms with van der Waals surface area (Å²) in [5.74, 6) is -0.130. The fraction of sp³-hybridized carbons (Fsp3) is 0.357. The van der Waals surface area contributed by atoms with Gasteiger partial charge in [-0.05, 0) is 6.42 Å². The highest BCUT2D eigenvalue weighted by atomic mass is 32.2. The molecule has 118 valence electrons. The van der Waals surface area contributed by atoms with E-state index in [0.29, 0.717) is 12.0 Å². The van der Waals surface area contributed by atoms with Gasteiger partial charge in [0, 0.05) is 5.56 Å². The molecule has 0 N–H and O–H groups in total. The molecule has 2 rings (SSSR count). The first kappa shape index (κ1) is 16.5. The molecule has 8 heteroatoms. The molecule has 22 heavy (non-hydrogen) atoms. The van der Waals surface area contributed by atoms with Crippen LogP contribution in [0.2, 0.25) is 0 Å². The van der Waals surface area contributed by atoms with Gasteiger partial charge in [-0.15, -0.1) is 10.2 Å². The van der Waals surface area contributed by atoms with E-state index < -0.39 is 18.0 Å². The van der Waals surface area contributed by atoms with Crippen molar-refractivity contribution >= 4 is 17.5 Å². The van der Waals surface area contributed by atoms with Crippen LogP contribution in [0.15, 0.2) is 41.8 Å². The average molecular weight is 329 g/mol. The maximum Gasteiger partial charge on any atom is 0.406 e. The topological polar surface area (TPSA) is 47.8 Å². The Morgan fingerprint density at radius 1 is 1.32 bits per heavy atom. The molecule has 4 nitrogen and oxygen atoms in total. The molecule has 0 bridgehead atoms. The Hall–Kier alpha value is -1.83. The Morgan fingerprint density at radius 3 is 2.59 bits per heavy atom. The zero-order valence-electron chi connectivity index (χ0n) is 11.7. The van der Waals surface area contributed by atoms with Crippen LogP contribution < -0.4 is 0 Å². The standard InChI is InChI=1S/C14H14F3N3OS/c1-2-11(12(21)10-6-4-3-5-7-10)22-13-19-18-9-20(13)8-14(15,16)17/h3-7,9,11H,2,8H2,1H3/t11-/m0/s1. The van der Waals surface area contributed by atoms with Crippen LogP contribution in [0.3, 0.4) is 0 Å². The highest BCUT2D eigenvalue weighted by molar-refractivity contribution is 8.00. The number of Topliss-reactive ketones (excluding diaryl/α,β-unsaturated/α-hetero) is 1. The average Bonchev–Trinajstić information content (AvgIpc) is 2.90. The molecule has 0 unspecified atom stereocenters. The van der Waals surface area contributed by atoms with Crippen LogP contribution in [0.25, 0.3) is 0 Å². The van der Waals surface area contributed by atoms with Gasteiger partial charge in [0.25, 0.3) is 0 Å². The van der Waals surface area contributed by atoms with Crippen LogP contribution >= 0.6 is 11.8 Å². The lowest BCUT2D eigenvalue weighted by molar-refractivity contribution is -0.142. The maximum atomic E-state index is 12.5. The third-order valence-corrected chi connectivity index (χ3v) is 4.26. The summed E-state index contributed by atoms with van der Waals surface area (Å²) in [7, 11) is 0. The molecule has 0 radical (unpaired) electrons. The van der Waals surface area contributed by atoms with Gasteiger partial charge in [0.1, 0.15) is 12.9 Å². The van der Waals surface area contributed by atoms with Crippen molar-refractivity contribution in [2.75, 3.05) is 0 Å². The number of benzene rings is 1. The van der Waals surface area contributed by atoms with E-state index in [9.17, 15) is 18.0 Å². The van der Waals surface area contributed by atoms with Crippen molar-refractivity contribution in [3.05, 3.63) is 42.2 Å². The van der Waals surface area contributed by atoms with Gasteiger partial charge in [-0.1, -0.05) is 49.0 Å². The van der Waals surface area contributed by atoms with E-state index in [2.05, 4.69) is 10.2 Å². The predicted octanol–water partition coefficient (Wildman–Crippen LogP) is 3.59. The normalized spacial score (nSPS) is 13.1. The van der Waals surface area contributed by atoms with E-state index in [1.807, 2.05) is 6.92 Å². The van der Waals surface area contributed by atoms with Crippen LogP contribution in [0.4, 0.5) is 13.2 Å². The second-order valence-electron chi connectivity index (χ2n) is 4.60. The summed E-state index contributed by atoms with van der Waals surface area (Å²) < 4.78 is 38.4. The molecule has 0 spiro atoms. The van der Waals surface area contributed by atoms with Gasteiger partial charge < -0.3 is 0 Å². The predicted molar refractivity (Wildman–Crippen MR) is 76.8 cm³/mol. The minimum Gasteiger partial charge on any atom is -0.299 e. The molecule has 1 aromatic heterocycles. The molecule has 1 aromatic carbocycles. The van der Waals surface area contributed by atoms with E-state index in [1.54, 1.807) is 30.3 Å². The number of hydrogen-bond acceptors (Lipinski definition) is 4. The Morgan fingerprint density at radius 2 is 2.00 bits per heavy atom. The van der Waals surface area contributed by atoms with Gasteiger partial charge in [-0.25, -0.2) is 0 Å². The molecule has 0 aliphatic carbocycles. The number of rotatable bonds is 6. The van der Waals surface area contributed by atoms with Gasteiger partial charge in [0.05, 0.1) is 5.25 Å². The maximum absolute atomic E-state index is 12.5. The number of aromatic nitrogens is 3. The number of hydrogen-bond donors (Lipinski definition) is 0. The van der Waals surface area contributed by atoms with Gasteiger partial charge >= 0.3 is 6.18 Å². The van der Waals surface area contributed by atoms with E-state index >= 15 is 0 Å². The molecule has 1 atom stereocenters. The number of halogens is 3. The van der Waals surface area contributed by atoms with E-state index in [0.717, 1.165) is 22.7 Å². The smallest absolute Gasteiger partial charge is 0.299 e. The summed E-state index contributed by atoms with van der Waals surface area (Å²) in [6.07, 6.45) is -2.85. The number of carbonyl (C=O) groups is 1. The molecular formula is C14H14F3N3OS. The van der Waals surface area contributed by atoms with Crippen LogP contribution in [-0.2, 0) is 6.54 Å². The number of alkyl halides is 3. The SMILES string of the molecule is CC[C@H](Sc1nncn1CC(F)(F)F)C(=O)c1ccccc1. The van der Waals surface area contributed by atoms with Crippen molar-refractivity contribution in [3.8, 4) is 0 Å². The molecule has 0 saturated carbocycles. The monoisotopic (exact) mass is 329 g/mol. The van der Waals surface area contributed by atoms with E-state index in [4.69, 9.17) is 0 Å². The zero-order chi connectivity index (χ0) is 16.2. The second-order valence-corrected chi connectivity index (χ2v) is 5.77. The minimum absolute atomic E-state index is 0.0912. The summed E-state index contributed by atoms with van der Waals surface area (Å²) in [4.78, 5) is 12.4. The lowest BCUT2D eigenvalue weighted by Crippen LogP contribution is -2.20. The number of nitrogens with zero attached hydrogens (tertiary/aromatic N) is 3. The van der Waals surface area contributed by atoms with Gasteiger partial charge in [-0.3, -0.25) is 9.36 Å². The number of carbonyl (C=O) groups excluding carboxylic acids is 1. The summed E-state index contributed by atoms with van der Waals surface area (Å²) in [6, 6.07) is 8.66. The summed E-state index contributed by atoms with van der Waals surface area (Å²) in [5.41, 5.74) is 0.531. The van der Waals surface area contributed by atoms with Gasteiger partial charge in [0.15, 0.2) is 10.9 Å². The van der Waals surface area contributed by atoms with Crippen molar-refractivity contribution in [3.63, 3.8) is 0 Å². The molecule has 0 saturated heterocycles. The first-order valence-corrected chi connectivity index (χ1v) is 7.49. The van der Waals surface area contributed by atoms with Crippen LogP contribution in [0, 0.1) is 0 Å². The van der Waals surface area contributed by atoms with Crippen molar-refractivity contribution < 1.29 is 18.0 Å². The van der Waals surface area contributed by atoms with Crippen molar-refractivity contribution in [2.24, 2.45) is 0 Å².